The number of carboxylic acids is 1. The number of carboxylic acid groups (broad SMARTS) is 1. The first-order valence-corrected chi connectivity index (χ1v) is 2.72. The molecular weight excluding hydrogens is 142 g/mol. The van der Waals surface area contributed by atoms with E-state index in [2.05, 4.69) is 0 Å². The highest BCUT2D eigenvalue weighted by Gasteiger charge is 2.02. The van der Waals surface area contributed by atoms with Crippen LogP contribution < -0.4 is 0 Å². The molecule has 4 heteroatoms. The van der Waals surface area contributed by atoms with E-state index in [1.165, 1.54) is 6.92 Å². The van der Waals surface area contributed by atoms with E-state index < -0.39 is 18.8 Å². The quantitative estimate of drug-likeness (QED) is 0.621. The van der Waals surface area contributed by atoms with E-state index in [9.17, 15) is 13.6 Å². The van der Waals surface area contributed by atoms with Crippen LogP contribution in [0.3, 0.4) is 0 Å². The van der Waals surface area contributed by atoms with E-state index >= 15 is 0 Å². The predicted molar refractivity (Wildman–Crippen MR) is 32.0 cm³/mol. The second-order valence-corrected chi connectivity index (χ2v) is 1.82. The van der Waals surface area contributed by atoms with Gasteiger partial charge in [-0.05, 0) is 6.92 Å². The summed E-state index contributed by atoms with van der Waals surface area (Å²) < 4.78 is 22.8. The number of rotatable bonds is 3. The van der Waals surface area contributed by atoms with Crippen molar-refractivity contribution in [1.82, 2.24) is 0 Å². The summed E-state index contributed by atoms with van der Waals surface area (Å²) in [5, 5.41) is 8.18. The largest absolute Gasteiger partial charge is 0.478 e. The molecule has 0 aliphatic heterocycles. The molecule has 1 N–H and O–H groups in total. The molecule has 0 aliphatic carbocycles. The molecule has 0 heterocycles. The van der Waals surface area contributed by atoms with Crippen molar-refractivity contribution in [2.45, 2.75) is 19.8 Å². The van der Waals surface area contributed by atoms with Gasteiger partial charge in [0.05, 0.1) is 0 Å². The third-order valence-corrected chi connectivity index (χ3v) is 0.940. The number of carbonyl (C=O) groups is 1. The van der Waals surface area contributed by atoms with E-state index in [4.69, 9.17) is 5.11 Å². The number of aliphatic carboxylic acids is 1. The highest BCUT2D eigenvalue weighted by atomic mass is 19.3. The SMILES string of the molecule is C/C(=C\CC(F)F)C(=O)O. The third-order valence-electron chi connectivity index (χ3n) is 0.940. The second-order valence-electron chi connectivity index (χ2n) is 1.82. The van der Waals surface area contributed by atoms with Crippen molar-refractivity contribution in [3.05, 3.63) is 11.6 Å². The van der Waals surface area contributed by atoms with Gasteiger partial charge in [-0.25, -0.2) is 13.6 Å². The maximum atomic E-state index is 11.4. The summed E-state index contributed by atoms with van der Waals surface area (Å²) >= 11 is 0. The number of hydrogen-bond donors (Lipinski definition) is 1. The summed E-state index contributed by atoms with van der Waals surface area (Å²) in [5.41, 5.74) is -0.0414. The summed E-state index contributed by atoms with van der Waals surface area (Å²) in [6.45, 7) is 1.28. The molecule has 0 fully saturated rings. The van der Waals surface area contributed by atoms with Crippen molar-refractivity contribution >= 4 is 5.97 Å². The predicted octanol–water partition coefficient (Wildman–Crippen LogP) is 1.67. The molecule has 0 radical (unpaired) electrons. The molecule has 0 aliphatic rings. The highest BCUT2D eigenvalue weighted by molar-refractivity contribution is 5.85. The zero-order valence-corrected chi connectivity index (χ0v) is 5.47. The molecule has 0 bridgehead atoms. The summed E-state index contributed by atoms with van der Waals surface area (Å²) in [7, 11) is 0. The fraction of sp³-hybridized carbons (Fsp3) is 0.500. The lowest BCUT2D eigenvalue weighted by Gasteiger charge is -1.92. The molecule has 0 aromatic heterocycles. The molecule has 10 heavy (non-hydrogen) atoms. The van der Waals surface area contributed by atoms with Gasteiger partial charge in [0.2, 0.25) is 6.43 Å². The van der Waals surface area contributed by atoms with E-state index in [1.807, 2.05) is 0 Å². The molecule has 0 rings (SSSR count). The Kier molecular flexibility index (Phi) is 3.61. The Hall–Kier alpha value is -0.930. The summed E-state index contributed by atoms with van der Waals surface area (Å²) in [5.74, 6) is -1.15. The first kappa shape index (κ1) is 9.07. The van der Waals surface area contributed by atoms with Crippen LogP contribution in [0, 0.1) is 0 Å². The van der Waals surface area contributed by atoms with Crippen LogP contribution >= 0.6 is 0 Å². The van der Waals surface area contributed by atoms with Gasteiger partial charge in [0.25, 0.3) is 0 Å². The fourth-order valence-electron chi connectivity index (χ4n) is 0.353. The lowest BCUT2D eigenvalue weighted by molar-refractivity contribution is -0.132. The van der Waals surface area contributed by atoms with Crippen molar-refractivity contribution in [2.24, 2.45) is 0 Å². The normalized spacial score (nSPS) is 12.2. The van der Waals surface area contributed by atoms with Crippen LogP contribution in [0.5, 0.6) is 0 Å². The third kappa shape index (κ3) is 4.00. The zero-order valence-electron chi connectivity index (χ0n) is 5.47. The molecule has 0 atom stereocenters. The molecule has 0 spiro atoms. The average molecular weight is 150 g/mol. The molecule has 0 aromatic carbocycles. The molecule has 0 aromatic rings. The van der Waals surface area contributed by atoms with Gasteiger partial charge in [0.15, 0.2) is 0 Å². The van der Waals surface area contributed by atoms with Gasteiger partial charge in [-0.3, -0.25) is 0 Å². The number of halogens is 2. The lowest BCUT2D eigenvalue weighted by Crippen LogP contribution is -1.97. The van der Waals surface area contributed by atoms with Crippen molar-refractivity contribution in [3.63, 3.8) is 0 Å². The van der Waals surface area contributed by atoms with Gasteiger partial charge in [-0.15, -0.1) is 0 Å². The van der Waals surface area contributed by atoms with Crippen LogP contribution in [0.25, 0.3) is 0 Å². The molecule has 0 saturated heterocycles. The Bertz CT molecular complexity index is 152. The number of alkyl halides is 2. The Balaban J connectivity index is 3.81. The summed E-state index contributed by atoms with van der Waals surface area (Å²) in [4.78, 5) is 10.00. The van der Waals surface area contributed by atoms with Gasteiger partial charge in [-0.2, -0.15) is 0 Å². The zero-order chi connectivity index (χ0) is 8.15. The van der Waals surface area contributed by atoms with Crippen LogP contribution in [0.2, 0.25) is 0 Å². The van der Waals surface area contributed by atoms with Gasteiger partial charge in [-0.1, -0.05) is 6.08 Å². The Morgan fingerprint density at radius 2 is 2.20 bits per heavy atom. The maximum absolute atomic E-state index is 11.4. The van der Waals surface area contributed by atoms with Crippen molar-refractivity contribution in [3.8, 4) is 0 Å². The Labute approximate surface area is 57.2 Å². The van der Waals surface area contributed by atoms with E-state index in [1.54, 1.807) is 0 Å². The van der Waals surface area contributed by atoms with Gasteiger partial charge in [0.1, 0.15) is 0 Å². The average Bonchev–Trinajstić information content (AvgIpc) is 1.82. The minimum Gasteiger partial charge on any atom is -0.478 e. The summed E-state index contributed by atoms with van der Waals surface area (Å²) in [6, 6.07) is 0. The molecule has 2 nitrogen and oxygen atoms in total. The molecular formula is C6H8F2O2. The molecule has 0 unspecified atom stereocenters. The Morgan fingerprint density at radius 1 is 1.70 bits per heavy atom. The van der Waals surface area contributed by atoms with E-state index in [-0.39, 0.29) is 5.57 Å². The van der Waals surface area contributed by atoms with Gasteiger partial charge in [0, 0.05) is 12.0 Å². The highest BCUT2D eigenvalue weighted by Crippen LogP contribution is 2.03. The molecule has 58 valence electrons. The second kappa shape index (κ2) is 3.98. The van der Waals surface area contributed by atoms with Crippen molar-refractivity contribution < 1.29 is 18.7 Å². The standard InChI is InChI=1S/C6H8F2O2/c1-4(6(9)10)2-3-5(7)8/h2,5H,3H2,1H3,(H,9,10)/b4-2+. The first-order valence-electron chi connectivity index (χ1n) is 2.72. The monoisotopic (exact) mass is 150 g/mol. The minimum atomic E-state index is -2.46. The lowest BCUT2D eigenvalue weighted by atomic mass is 10.2. The Morgan fingerprint density at radius 3 is 2.50 bits per heavy atom. The molecule has 0 amide bonds. The number of hydrogen-bond acceptors (Lipinski definition) is 1. The van der Waals surface area contributed by atoms with E-state index in [0.29, 0.717) is 0 Å². The first-order chi connectivity index (χ1) is 4.54. The van der Waals surface area contributed by atoms with Crippen LogP contribution in [-0.4, -0.2) is 17.5 Å². The maximum Gasteiger partial charge on any atom is 0.330 e. The fourth-order valence-corrected chi connectivity index (χ4v) is 0.353. The minimum absolute atomic E-state index is 0.0414. The summed E-state index contributed by atoms with van der Waals surface area (Å²) in [6.07, 6.45) is -1.94. The topological polar surface area (TPSA) is 37.3 Å². The smallest absolute Gasteiger partial charge is 0.330 e. The van der Waals surface area contributed by atoms with Crippen LogP contribution in [0.1, 0.15) is 13.3 Å². The molecule has 0 saturated carbocycles. The van der Waals surface area contributed by atoms with Crippen LogP contribution in [0.4, 0.5) is 8.78 Å². The van der Waals surface area contributed by atoms with Crippen molar-refractivity contribution in [1.29, 1.82) is 0 Å². The van der Waals surface area contributed by atoms with Gasteiger partial charge >= 0.3 is 5.97 Å². The number of allylic oxidation sites excluding steroid dienone is 1. The van der Waals surface area contributed by atoms with Crippen LogP contribution in [-0.2, 0) is 4.79 Å². The van der Waals surface area contributed by atoms with Gasteiger partial charge < -0.3 is 5.11 Å². The van der Waals surface area contributed by atoms with Crippen molar-refractivity contribution in [2.75, 3.05) is 0 Å². The van der Waals surface area contributed by atoms with E-state index in [0.717, 1.165) is 6.08 Å². The van der Waals surface area contributed by atoms with Crippen LogP contribution in [0.15, 0.2) is 11.6 Å².